The number of carbonyl (C=O) groups excluding carboxylic acids is 1. The number of fused-ring (bicyclic) bond motifs is 5. The summed E-state index contributed by atoms with van der Waals surface area (Å²) in [6.45, 7) is 7.52. The molecule has 2 saturated carbocycles. The van der Waals surface area contributed by atoms with Gasteiger partial charge in [0.15, 0.2) is 0 Å². The first kappa shape index (κ1) is 20.2. The standard InChI is InChI=1S/C27H37NO2/c1-17-16-23-27(3,15-13-24(29)28(23)4)22-12-14-26(2)20(10-11-21(26)25(17)22)18-6-8-19(30-5)9-7-18/h6-10,17,21-23,25H,11-16H2,1-5H3/t17-,21-,22-,23+,25-,26+,27+/m0/s1. The van der Waals surface area contributed by atoms with Gasteiger partial charge in [0.1, 0.15) is 5.75 Å². The van der Waals surface area contributed by atoms with Crippen molar-refractivity contribution in [3.63, 3.8) is 0 Å². The molecule has 3 heteroatoms. The van der Waals surface area contributed by atoms with E-state index >= 15 is 0 Å². The van der Waals surface area contributed by atoms with Crippen LogP contribution in [0.25, 0.3) is 5.57 Å². The predicted molar refractivity (Wildman–Crippen MR) is 121 cm³/mol. The molecular formula is C27H37NO2. The Hall–Kier alpha value is -1.77. The normalized spacial score (nSPS) is 42.8. The van der Waals surface area contributed by atoms with E-state index in [0.29, 0.717) is 17.9 Å². The van der Waals surface area contributed by atoms with Crippen molar-refractivity contribution >= 4 is 11.5 Å². The van der Waals surface area contributed by atoms with Crippen molar-refractivity contribution < 1.29 is 9.53 Å². The predicted octanol–water partition coefficient (Wildman–Crippen LogP) is 5.80. The lowest BCUT2D eigenvalue weighted by Gasteiger charge is -2.63. The highest BCUT2D eigenvalue weighted by atomic mass is 16.5. The van der Waals surface area contributed by atoms with Crippen LogP contribution in [0, 0.1) is 34.5 Å². The second kappa shape index (κ2) is 6.87. The quantitative estimate of drug-likeness (QED) is 0.620. The van der Waals surface area contributed by atoms with E-state index in [0.717, 1.165) is 36.3 Å². The number of rotatable bonds is 2. The molecule has 1 heterocycles. The molecule has 1 aliphatic heterocycles. The van der Waals surface area contributed by atoms with Gasteiger partial charge in [-0.1, -0.05) is 39.0 Å². The monoisotopic (exact) mass is 407 g/mol. The number of allylic oxidation sites excluding steroid dienone is 2. The van der Waals surface area contributed by atoms with Crippen molar-refractivity contribution in [1.29, 1.82) is 0 Å². The van der Waals surface area contributed by atoms with Crippen molar-refractivity contribution in [1.82, 2.24) is 4.90 Å². The fourth-order valence-corrected chi connectivity index (χ4v) is 8.25. The maximum Gasteiger partial charge on any atom is 0.222 e. The van der Waals surface area contributed by atoms with Gasteiger partial charge in [-0.3, -0.25) is 4.79 Å². The number of nitrogens with zero attached hydrogens (tertiary/aromatic N) is 1. The molecule has 4 aliphatic rings. The molecule has 0 radical (unpaired) electrons. The molecule has 162 valence electrons. The summed E-state index contributed by atoms with van der Waals surface area (Å²) in [7, 11) is 3.79. The van der Waals surface area contributed by atoms with Crippen LogP contribution in [0.1, 0.15) is 64.9 Å². The Kier molecular flexibility index (Phi) is 4.61. The third-order valence-electron chi connectivity index (χ3n) is 9.91. The minimum Gasteiger partial charge on any atom is -0.497 e. The first-order valence-electron chi connectivity index (χ1n) is 11.9. The minimum atomic E-state index is 0.267. The molecule has 30 heavy (non-hydrogen) atoms. The van der Waals surface area contributed by atoms with Crippen molar-refractivity contribution in [3.8, 4) is 5.75 Å². The van der Waals surface area contributed by atoms with Gasteiger partial charge >= 0.3 is 0 Å². The highest BCUT2D eigenvalue weighted by Gasteiger charge is 2.61. The first-order chi connectivity index (χ1) is 14.3. The maximum atomic E-state index is 12.4. The third-order valence-corrected chi connectivity index (χ3v) is 9.91. The topological polar surface area (TPSA) is 29.5 Å². The molecule has 1 amide bonds. The second-order valence-corrected chi connectivity index (χ2v) is 11.1. The summed E-state index contributed by atoms with van der Waals surface area (Å²) in [4.78, 5) is 14.6. The van der Waals surface area contributed by atoms with Crippen LogP contribution in [-0.2, 0) is 4.79 Å². The SMILES string of the molecule is COc1ccc(C2=CC[C@H]3[C@@H]4[C@@H](C)C[C@H]5N(C)C(=O)CC[C@]5(C)[C@H]4CC[C@]23C)cc1. The number of piperidine rings is 1. The Balaban J connectivity index is 1.46. The van der Waals surface area contributed by atoms with Gasteiger partial charge in [0.25, 0.3) is 0 Å². The maximum absolute atomic E-state index is 12.4. The van der Waals surface area contributed by atoms with Crippen molar-refractivity contribution in [2.24, 2.45) is 34.5 Å². The molecule has 5 rings (SSSR count). The molecule has 0 bridgehead atoms. The summed E-state index contributed by atoms with van der Waals surface area (Å²) in [6, 6.07) is 9.11. The van der Waals surface area contributed by atoms with E-state index in [1.54, 1.807) is 12.7 Å². The van der Waals surface area contributed by atoms with E-state index < -0.39 is 0 Å². The fourth-order valence-electron chi connectivity index (χ4n) is 8.25. The smallest absolute Gasteiger partial charge is 0.222 e. The van der Waals surface area contributed by atoms with Crippen LogP contribution in [0.4, 0.5) is 0 Å². The van der Waals surface area contributed by atoms with Crippen LogP contribution in [-0.4, -0.2) is 31.0 Å². The Morgan fingerprint density at radius 3 is 2.53 bits per heavy atom. The molecule has 1 aromatic carbocycles. The Bertz CT molecular complexity index is 873. The van der Waals surface area contributed by atoms with E-state index in [-0.39, 0.29) is 10.8 Å². The highest BCUT2D eigenvalue weighted by molar-refractivity contribution is 5.77. The number of hydrogen-bond acceptors (Lipinski definition) is 2. The zero-order valence-electron chi connectivity index (χ0n) is 19.3. The van der Waals surface area contributed by atoms with Crippen LogP contribution in [0.15, 0.2) is 30.3 Å². The summed E-state index contributed by atoms with van der Waals surface area (Å²) in [5.41, 5.74) is 3.48. The van der Waals surface area contributed by atoms with Gasteiger partial charge < -0.3 is 9.64 Å². The lowest BCUT2D eigenvalue weighted by Crippen LogP contribution is -2.63. The van der Waals surface area contributed by atoms with Crippen molar-refractivity contribution in [2.45, 2.75) is 65.3 Å². The van der Waals surface area contributed by atoms with Gasteiger partial charge in [0.2, 0.25) is 5.91 Å². The van der Waals surface area contributed by atoms with Crippen molar-refractivity contribution in [2.75, 3.05) is 14.2 Å². The molecule has 1 saturated heterocycles. The number of hydrogen-bond donors (Lipinski definition) is 0. The minimum absolute atomic E-state index is 0.267. The summed E-state index contributed by atoms with van der Waals surface area (Å²) >= 11 is 0. The van der Waals surface area contributed by atoms with Gasteiger partial charge in [-0.2, -0.15) is 0 Å². The molecule has 0 N–H and O–H groups in total. The van der Waals surface area contributed by atoms with Gasteiger partial charge in [-0.15, -0.1) is 0 Å². The van der Waals surface area contributed by atoms with Crippen LogP contribution in [0.2, 0.25) is 0 Å². The van der Waals surface area contributed by atoms with E-state index in [1.807, 2.05) is 0 Å². The van der Waals surface area contributed by atoms with E-state index in [2.05, 4.69) is 63.1 Å². The van der Waals surface area contributed by atoms with Crippen molar-refractivity contribution in [3.05, 3.63) is 35.9 Å². The number of ether oxygens (including phenoxy) is 1. The molecular weight excluding hydrogens is 370 g/mol. The zero-order chi connectivity index (χ0) is 21.3. The van der Waals surface area contributed by atoms with E-state index in [9.17, 15) is 4.79 Å². The number of benzene rings is 1. The summed E-state index contributed by atoms with van der Waals surface area (Å²) in [5, 5.41) is 0. The van der Waals surface area contributed by atoms with Gasteiger partial charge in [0, 0.05) is 19.5 Å². The van der Waals surface area contributed by atoms with Crippen LogP contribution >= 0.6 is 0 Å². The number of amides is 1. The molecule has 3 fully saturated rings. The molecule has 0 spiro atoms. The number of likely N-dealkylation sites (tertiary alicyclic amines) is 1. The van der Waals surface area contributed by atoms with E-state index in [1.165, 1.54) is 31.2 Å². The van der Waals surface area contributed by atoms with Crippen LogP contribution in [0.5, 0.6) is 5.75 Å². The van der Waals surface area contributed by atoms with Gasteiger partial charge in [-0.05, 0) is 89.9 Å². The third kappa shape index (κ3) is 2.66. The Morgan fingerprint density at radius 2 is 1.83 bits per heavy atom. The second-order valence-electron chi connectivity index (χ2n) is 11.1. The average molecular weight is 408 g/mol. The lowest BCUT2D eigenvalue weighted by molar-refractivity contribution is -0.162. The summed E-state index contributed by atoms with van der Waals surface area (Å²) < 4.78 is 5.38. The summed E-state index contributed by atoms with van der Waals surface area (Å²) in [6.07, 6.45) is 9.30. The Morgan fingerprint density at radius 1 is 1.10 bits per heavy atom. The van der Waals surface area contributed by atoms with E-state index in [4.69, 9.17) is 4.74 Å². The molecule has 0 unspecified atom stereocenters. The van der Waals surface area contributed by atoms with Crippen LogP contribution < -0.4 is 4.74 Å². The molecule has 1 aromatic rings. The number of methoxy groups -OCH3 is 1. The molecule has 3 aliphatic carbocycles. The lowest BCUT2D eigenvalue weighted by atomic mass is 9.44. The Labute approximate surface area is 181 Å². The molecule has 3 nitrogen and oxygen atoms in total. The average Bonchev–Trinajstić information content (AvgIpc) is 3.10. The summed E-state index contributed by atoms with van der Waals surface area (Å²) in [5.74, 6) is 4.19. The molecule has 0 aromatic heterocycles. The fraction of sp³-hybridized carbons (Fsp3) is 0.667. The highest BCUT2D eigenvalue weighted by Crippen LogP contribution is 2.67. The zero-order valence-corrected chi connectivity index (χ0v) is 19.3. The largest absolute Gasteiger partial charge is 0.497 e. The van der Waals surface area contributed by atoms with Gasteiger partial charge in [-0.25, -0.2) is 0 Å². The van der Waals surface area contributed by atoms with Gasteiger partial charge in [0.05, 0.1) is 7.11 Å². The number of carbonyl (C=O) groups is 1. The van der Waals surface area contributed by atoms with Crippen LogP contribution in [0.3, 0.4) is 0 Å². The molecule has 7 atom stereocenters. The first-order valence-corrected chi connectivity index (χ1v) is 11.9.